The average Bonchev–Trinajstić information content (AvgIpc) is 2.20. The molecule has 88 valence electrons. The van der Waals surface area contributed by atoms with Gasteiger partial charge in [0.2, 0.25) is 0 Å². The Morgan fingerprint density at radius 1 is 1.50 bits per heavy atom. The maximum atomic E-state index is 13.0. The van der Waals surface area contributed by atoms with Crippen LogP contribution in [0.15, 0.2) is 18.2 Å². The van der Waals surface area contributed by atoms with Crippen LogP contribution in [0.4, 0.5) is 4.39 Å². The first-order valence-corrected chi connectivity index (χ1v) is 6.99. The summed E-state index contributed by atoms with van der Waals surface area (Å²) < 4.78 is 24.6. The van der Waals surface area contributed by atoms with E-state index in [1.54, 1.807) is 12.1 Å². The molecule has 2 nitrogen and oxygen atoms in total. The molecule has 3 atom stereocenters. The molecule has 0 saturated carbocycles. The fourth-order valence-electron chi connectivity index (χ4n) is 1.89. The van der Waals surface area contributed by atoms with Gasteiger partial charge in [-0.2, -0.15) is 0 Å². The second kappa shape index (κ2) is 4.82. The number of halogens is 2. The number of rotatable bonds is 1. The van der Waals surface area contributed by atoms with Gasteiger partial charge in [0, 0.05) is 34.4 Å². The summed E-state index contributed by atoms with van der Waals surface area (Å²) in [5.74, 6) is 0.813. The van der Waals surface area contributed by atoms with Gasteiger partial charge in [0.15, 0.2) is 0 Å². The molecule has 5 heteroatoms. The van der Waals surface area contributed by atoms with E-state index in [1.165, 1.54) is 6.07 Å². The van der Waals surface area contributed by atoms with E-state index in [0.29, 0.717) is 11.5 Å². The first-order chi connectivity index (χ1) is 7.56. The van der Waals surface area contributed by atoms with Crippen LogP contribution in [0.3, 0.4) is 0 Å². The number of hydrogen-bond donors (Lipinski definition) is 1. The van der Waals surface area contributed by atoms with Crippen molar-refractivity contribution in [2.75, 3.05) is 11.5 Å². The molecular formula is C11H13ClFNOS. The van der Waals surface area contributed by atoms with Gasteiger partial charge in [-0.05, 0) is 24.6 Å². The van der Waals surface area contributed by atoms with Crippen LogP contribution in [0.2, 0.25) is 5.02 Å². The second-order valence-corrected chi connectivity index (χ2v) is 6.02. The Hall–Kier alpha value is -0.450. The number of hydrogen-bond acceptors (Lipinski definition) is 2. The maximum absolute atomic E-state index is 13.0. The lowest BCUT2D eigenvalue weighted by atomic mass is 10.1. The van der Waals surface area contributed by atoms with Crippen molar-refractivity contribution in [1.29, 1.82) is 0 Å². The molecule has 0 radical (unpaired) electrons. The van der Waals surface area contributed by atoms with E-state index in [4.69, 9.17) is 11.6 Å². The van der Waals surface area contributed by atoms with Crippen molar-refractivity contribution in [2.45, 2.75) is 19.0 Å². The van der Waals surface area contributed by atoms with Crippen molar-refractivity contribution in [3.05, 3.63) is 34.6 Å². The molecule has 16 heavy (non-hydrogen) atoms. The predicted octanol–water partition coefficient (Wildman–Crippen LogP) is 2.26. The summed E-state index contributed by atoms with van der Waals surface area (Å²) in [5.41, 5.74) is 0.895. The standard InChI is InChI=1S/C11H13ClFNOS/c1-7-5-16(15)6-11(14-7)8-2-3-10(13)9(12)4-8/h2-4,7,11,14H,5-6H2,1H3. The third kappa shape index (κ3) is 2.62. The Bertz CT molecular complexity index is 426. The SMILES string of the molecule is CC1CS(=O)CC(c2ccc(F)c(Cl)c2)N1. The van der Waals surface area contributed by atoms with Gasteiger partial charge < -0.3 is 5.32 Å². The van der Waals surface area contributed by atoms with Crippen molar-refractivity contribution >= 4 is 22.4 Å². The summed E-state index contributed by atoms with van der Waals surface area (Å²) in [5, 5.41) is 3.45. The monoisotopic (exact) mass is 261 g/mol. The molecule has 0 amide bonds. The minimum absolute atomic E-state index is 0.00248. The Morgan fingerprint density at radius 3 is 2.88 bits per heavy atom. The van der Waals surface area contributed by atoms with Crippen molar-refractivity contribution in [3.8, 4) is 0 Å². The van der Waals surface area contributed by atoms with Crippen LogP contribution >= 0.6 is 11.6 Å². The van der Waals surface area contributed by atoms with Crippen LogP contribution in [0.25, 0.3) is 0 Å². The zero-order chi connectivity index (χ0) is 11.7. The van der Waals surface area contributed by atoms with E-state index in [-0.39, 0.29) is 17.1 Å². The second-order valence-electron chi connectivity index (χ2n) is 4.07. The molecule has 1 aliphatic heterocycles. The quantitative estimate of drug-likeness (QED) is 0.840. The Balaban J connectivity index is 2.23. The minimum Gasteiger partial charge on any atom is -0.306 e. The van der Waals surface area contributed by atoms with E-state index in [1.807, 2.05) is 6.92 Å². The topological polar surface area (TPSA) is 29.1 Å². The summed E-state index contributed by atoms with van der Waals surface area (Å²) >= 11 is 5.73. The molecule has 1 aliphatic rings. The lowest BCUT2D eigenvalue weighted by Gasteiger charge is -2.28. The van der Waals surface area contributed by atoms with E-state index < -0.39 is 16.6 Å². The van der Waals surface area contributed by atoms with Crippen LogP contribution in [-0.4, -0.2) is 21.8 Å². The van der Waals surface area contributed by atoms with Gasteiger partial charge in [0.05, 0.1) is 5.02 Å². The third-order valence-corrected chi connectivity index (χ3v) is 4.49. The molecule has 0 spiro atoms. The minimum atomic E-state index is -0.812. The first kappa shape index (κ1) is 12.0. The molecule has 1 heterocycles. The highest BCUT2D eigenvalue weighted by molar-refractivity contribution is 7.85. The fraction of sp³-hybridized carbons (Fsp3) is 0.455. The van der Waals surface area contributed by atoms with Gasteiger partial charge in [-0.25, -0.2) is 4.39 Å². The molecule has 0 aromatic heterocycles. The number of benzene rings is 1. The summed E-state index contributed by atoms with van der Waals surface area (Å²) in [6, 6.07) is 4.85. The molecule has 2 rings (SSSR count). The smallest absolute Gasteiger partial charge is 0.141 e. The highest BCUT2D eigenvalue weighted by atomic mass is 35.5. The van der Waals surface area contributed by atoms with Crippen molar-refractivity contribution < 1.29 is 8.60 Å². The average molecular weight is 262 g/mol. The molecule has 0 aliphatic carbocycles. The molecule has 1 aromatic rings. The van der Waals surface area contributed by atoms with E-state index in [0.717, 1.165) is 5.56 Å². The van der Waals surface area contributed by atoms with Gasteiger partial charge in [-0.15, -0.1) is 0 Å². The summed E-state index contributed by atoms with van der Waals surface area (Å²) in [6.07, 6.45) is 0. The van der Waals surface area contributed by atoms with Crippen molar-refractivity contribution in [1.82, 2.24) is 5.32 Å². The molecule has 1 saturated heterocycles. The number of nitrogens with one attached hydrogen (secondary N) is 1. The summed E-state index contributed by atoms with van der Waals surface area (Å²) in [7, 11) is -0.812. The van der Waals surface area contributed by atoms with Crippen molar-refractivity contribution in [2.24, 2.45) is 0 Å². The van der Waals surface area contributed by atoms with Gasteiger partial charge >= 0.3 is 0 Å². The Kier molecular flexibility index (Phi) is 3.62. The zero-order valence-corrected chi connectivity index (χ0v) is 10.4. The molecule has 1 aromatic carbocycles. The van der Waals surface area contributed by atoms with Crippen LogP contribution in [0.5, 0.6) is 0 Å². The van der Waals surface area contributed by atoms with Gasteiger partial charge in [-0.3, -0.25) is 4.21 Å². The van der Waals surface area contributed by atoms with Gasteiger partial charge in [-0.1, -0.05) is 17.7 Å². The normalized spacial score (nSPS) is 30.3. The van der Waals surface area contributed by atoms with E-state index >= 15 is 0 Å². The molecule has 1 fully saturated rings. The zero-order valence-electron chi connectivity index (χ0n) is 8.87. The maximum Gasteiger partial charge on any atom is 0.141 e. The Morgan fingerprint density at radius 2 is 2.25 bits per heavy atom. The van der Waals surface area contributed by atoms with Crippen molar-refractivity contribution in [3.63, 3.8) is 0 Å². The van der Waals surface area contributed by atoms with Crippen LogP contribution < -0.4 is 5.32 Å². The largest absolute Gasteiger partial charge is 0.306 e. The lowest BCUT2D eigenvalue weighted by Crippen LogP contribution is -2.43. The van der Waals surface area contributed by atoms with Crippen LogP contribution in [0, 0.1) is 5.82 Å². The first-order valence-electron chi connectivity index (χ1n) is 5.12. The van der Waals surface area contributed by atoms with Crippen LogP contribution in [-0.2, 0) is 10.8 Å². The highest BCUT2D eigenvalue weighted by Crippen LogP contribution is 2.23. The van der Waals surface area contributed by atoms with Gasteiger partial charge in [0.1, 0.15) is 5.82 Å². The molecule has 3 unspecified atom stereocenters. The van der Waals surface area contributed by atoms with E-state index in [2.05, 4.69) is 5.32 Å². The van der Waals surface area contributed by atoms with Crippen LogP contribution in [0.1, 0.15) is 18.5 Å². The van der Waals surface area contributed by atoms with Gasteiger partial charge in [0.25, 0.3) is 0 Å². The summed E-state index contributed by atoms with van der Waals surface area (Å²) in [6.45, 7) is 2.00. The molecule has 0 bridgehead atoms. The highest BCUT2D eigenvalue weighted by Gasteiger charge is 2.24. The molecular weight excluding hydrogens is 249 g/mol. The van der Waals surface area contributed by atoms with E-state index in [9.17, 15) is 8.60 Å². The predicted molar refractivity (Wildman–Crippen MR) is 64.6 cm³/mol. The third-order valence-electron chi connectivity index (χ3n) is 2.62. The fourth-order valence-corrected chi connectivity index (χ4v) is 3.53. The molecule has 1 N–H and O–H groups in total. The summed E-state index contributed by atoms with van der Waals surface area (Å²) in [4.78, 5) is 0. The lowest BCUT2D eigenvalue weighted by molar-refractivity contribution is 0.489. The Labute approximate surface area is 102 Å².